The van der Waals surface area contributed by atoms with E-state index in [-0.39, 0.29) is 18.2 Å². The van der Waals surface area contributed by atoms with Gasteiger partial charge in [-0.3, -0.25) is 9.59 Å². The minimum Gasteiger partial charge on any atom is -0.465 e. The highest BCUT2D eigenvalue weighted by Gasteiger charge is 2.34. The number of carbonyl (C=O) groups excluding carboxylic acids is 2. The van der Waals surface area contributed by atoms with Crippen molar-refractivity contribution in [2.45, 2.75) is 20.3 Å². The topological polar surface area (TPSA) is 43.4 Å². The molecule has 0 heterocycles. The molecule has 0 aromatic heterocycles. The fourth-order valence-electron chi connectivity index (χ4n) is 3.37. The highest BCUT2D eigenvalue weighted by molar-refractivity contribution is 6.02. The maximum atomic E-state index is 12.8. The monoisotopic (exact) mass is 346 g/mol. The lowest BCUT2D eigenvalue weighted by Gasteiger charge is -2.17. The Bertz CT molecular complexity index is 861. The lowest BCUT2D eigenvalue weighted by atomic mass is 9.89. The van der Waals surface area contributed by atoms with Crippen molar-refractivity contribution in [2.24, 2.45) is 5.92 Å². The van der Waals surface area contributed by atoms with Crippen molar-refractivity contribution in [3.63, 3.8) is 0 Å². The minimum atomic E-state index is -0.488. The maximum Gasteiger partial charge on any atom is 0.317 e. The van der Waals surface area contributed by atoms with Gasteiger partial charge in [0.25, 0.3) is 0 Å². The van der Waals surface area contributed by atoms with E-state index in [2.05, 4.69) is 0 Å². The maximum absolute atomic E-state index is 12.8. The molecule has 0 spiro atoms. The fraction of sp³-hybridized carbons (Fsp3) is 0.217. The molecule has 0 fully saturated rings. The smallest absolute Gasteiger partial charge is 0.317 e. The Morgan fingerprint density at radius 3 is 2.19 bits per heavy atom. The number of carbonyl (C=O) groups is 2. The number of ketones is 1. The predicted molar refractivity (Wildman–Crippen MR) is 103 cm³/mol. The molecular weight excluding hydrogens is 324 g/mol. The molecule has 1 atom stereocenters. The van der Waals surface area contributed by atoms with Gasteiger partial charge < -0.3 is 4.74 Å². The summed E-state index contributed by atoms with van der Waals surface area (Å²) in [5.41, 5.74) is 4.35. The van der Waals surface area contributed by atoms with Crippen LogP contribution in [0.2, 0.25) is 0 Å². The third-order valence-corrected chi connectivity index (χ3v) is 4.58. The normalized spacial score (nSPS) is 16.4. The van der Waals surface area contributed by atoms with Crippen molar-refractivity contribution in [3.05, 3.63) is 89.0 Å². The summed E-state index contributed by atoms with van der Waals surface area (Å²) in [6.07, 6.45) is 2.20. The third-order valence-electron chi connectivity index (χ3n) is 4.58. The molecule has 3 nitrogen and oxygen atoms in total. The molecule has 3 rings (SSSR count). The lowest BCUT2D eigenvalue weighted by molar-refractivity contribution is -0.145. The molecule has 132 valence electrons. The van der Waals surface area contributed by atoms with E-state index in [9.17, 15) is 9.59 Å². The second kappa shape index (κ2) is 7.96. The average Bonchev–Trinajstić information content (AvgIpc) is 2.99. The summed E-state index contributed by atoms with van der Waals surface area (Å²) in [5, 5.41) is 0. The molecule has 2 aromatic rings. The summed E-state index contributed by atoms with van der Waals surface area (Å²) in [6, 6.07) is 19.1. The van der Waals surface area contributed by atoms with E-state index in [0.29, 0.717) is 12.2 Å². The zero-order valence-corrected chi connectivity index (χ0v) is 15.1. The molecule has 1 aliphatic carbocycles. The van der Waals surface area contributed by atoms with Gasteiger partial charge in [0, 0.05) is 12.0 Å². The molecule has 0 bridgehead atoms. The van der Waals surface area contributed by atoms with Gasteiger partial charge in [0.2, 0.25) is 0 Å². The first-order valence-electron chi connectivity index (χ1n) is 8.83. The second-order valence-electron chi connectivity index (χ2n) is 6.34. The van der Waals surface area contributed by atoms with E-state index >= 15 is 0 Å². The van der Waals surface area contributed by atoms with Crippen LogP contribution in [0.3, 0.4) is 0 Å². The highest BCUT2D eigenvalue weighted by Crippen LogP contribution is 2.40. The van der Waals surface area contributed by atoms with Crippen LogP contribution < -0.4 is 0 Å². The van der Waals surface area contributed by atoms with Gasteiger partial charge in [-0.25, -0.2) is 0 Å². The molecule has 0 aliphatic heterocycles. The molecule has 1 unspecified atom stereocenters. The molecule has 0 saturated carbocycles. The molecule has 1 aliphatic rings. The largest absolute Gasteiger partial charge is 0.465 e. The number of Topliss-reactive ketones (excluding diaryl/α,β-unsaturated/α-hetero) is 1. The van der Waals surface area contributed by atoms with Crippen LogP contribution in [0.25, 0.3) is 5.57 Å². The first-order chi connectivity index (χ1) is 12.6. The fourth-order valence-corrected chi connectivity index (χ4v) is 3.37. The van der Waals surface area contributed by atoms with Gasteiger partial charge in [-0.15, -0.1) is 0 Å². The summed E-state index contributed by atoms with van der Waals surface area (Å²) in [5.74, 6) is -0.771. The number of benzene rings is 2. The van der Waals surface area contributed by atoms with Crippen LogP contribution in [0.4, 0.5) is 0 Å². The zero-order valence-electron chi connectivity index (χ0n) is 15.1. The van der Waals surface area contributed by atoms with Gasteiger partial charge in [-0.2, -0.15) is 0 Å². The Morgan fingerprint density at radius 2 is 1.58 bits per heavy atom. The number of allylic oxidation sites excluding steroid dienone is 2. The van der Waals surface area contributed by atoms with Crippen LogP contribution in [0.15, 0.2) is 77.9 Å². The van der Waals surface area contributed by atoms with Crippen molar-refractivity contribution in [1.29, 1.82) is 0 Å². The molecule has 0 amide bonds. The molecule has 26 heavy (non-hydrogen) atoms. The van der Waals surface area contributed by atoms with Crippen LogP contribution in [-0.4, -0.2) is 18.4 Å². The molecule has 0 radical (unpaired) electrons. The zero-order chi connectivity index (χ0) is 18.5. The summed E-state index contributed by atoms with van der Waals surface area (Å²) in [6.45, 7) is 4.04. The van der Waals surface area contributed by atoms with E-state index in [0.717, 1.165) is 22.3 Å². The van der Waals surface area contributed by atoms with Crippen molar-refractivity contribution >= 4 is 17.3 Å². The first kappa shape index (κ1) is 17.9. The van der Waals surface area contributed by atoms with Crippen LogP contribution in [0.1, 0.15) is 36.2 Å². The van der Waals surface area contributed by atoms with Gasteiger partial charge in [-0.1, -0.05) is 72.3 Å². The van der Waals surface area contributed by atoms with Crippen LogP contribution >= 0.6 is 0 Å². The number of hydrogen-bond acceptors (Lipinski definition) is 3. The Labute approximate surface area is 154 Å². The Kier molecular flexibility index (Phi) is 5.47. The van der Waals surface area contributed by atoms with Gasteiger partial charge in [-0.05, 0) is 30.6 Å². The van der Waals surface area contributed by atoms with E-state index in [1.54, 1.807) is 19.1 Å². The van der Waals surface area contributed by atoms with Gasteiger partial charge in [0.1, 0.15) is 5.92 Å². The molecule has 0 N–H and O–H groups in total. The summed E-state index contributed by atoms with van der Waals surface area (Å²) in [4.78, 5) is 25.4. The van der Waals surface area contributed by atoms with E-state index in [1.807, 2.05) is 61.5 Å². The third kappa shape index (κ3) is 3.67. The number of ether oxygens (including phenoxy) is 1. The van der Waals surface area contributed by atoms with Crippen molar-refractivity contribution < 1.29 is 14.3 Å². The summed E-state index contributed by atoms with van der Waals surface area (Å²) < 4.78 is 5.27. The Morgan fingerprint density at radius 1 is 0.962 bits per heavy atom. The van der Waals surface area contributed by atoms with Gasteiger partial charge in [0.05, 0.1) is 6.61 Å². The van der Waals surface area contributed by atoms with E-state index in [4.69, 9.17) is 4.74 Å². The van der Waals surface area contributed by atoms with Crippen LogP contribution in [0, 0.1) is 5.92 Å². The minimum absolute atomic E-state index is 0.00595. The van der Waals surface area contributed by atoms with Gasteiger partial charge in [0.15, 0.2) is 5.78 Å². The van der Waals surface area contributed by atoms with Gasteiger partial charge >= 0.3 is 5.97 Å². The highest BCUT2D eigenvalue weighted by atomic mass is 16.5. The van der Waals surface area contributed by atoms with Crippen LogP contribution in [0.5, 0.6) is 0 Å². The van der Waals surface area contributed by atoms with E-state index < -0.39 is 5.92 Å². The molecular formula is C23H22O3. The van der Waals surface area contributed by atoms with Crippen molar-refractivity contribution in [3.8, 4) is 0 Å². The molecule has 3 heteroatoms. The average molecular weight is 346 g/mol. The quantitative estimate of drug-likeness (QED) is 0.554. The second-order valence-corrected chi connectivity index (χ2v) is 6.34. The van der Waals surface area contributed by atoms with E-state index in [1.165, 1.54) is 0 Å². The molecule has 2 aromatic carbocycles. The predicted octanol–water partition coefficient (Wildman–Crippen LogP) is 4.85. The summed E-state index contributed by atoms with van der Waals surface area (Å²) >= 11 is 0. The van der Waals surface area contributed by atoms with Crippen molar-refractivity contribution in [2.75, 3.05) is 6.61 Å². The Balaban J connectivity index is 2.01. The van der Waals surface area contributed by atoms with Crippen molar-refractivity contribution in [1.82, 2.24) is 0 Å². The molecule has 0 saturated heterocycles. The number of esters is 1. The Hall–Kier alpha value is -2.94. The lowest BCUT2D eigenvalue weighted by Crippen LogP contribution is -2.21. The number of rotatable bonds is 6. The first-order valence-corrected chi connectivity index (χ1v) is 8.83. The summed E-state index contributed by atoms with van der Waals surface area (Å²) in [7, 11) is 0. The standard InChI is InChI=1S/C23H22O3/c1-3-26-23(25)22-16(2)14-19(17-10-6-4-7-11-17)20(22)15-21(24)18-12-8-5-9-13-18/h4-14,22H,3,15H2,1-2H3. The van der Waals surface area contributed by atoms with Crippen LogP contribution in [-0.2, 0) is 9.53 Å². The number of hydrogen-bond donors (Lipinski definition) is 0. The SMILES string of the molecule is CCOC(=O)C1C(C)=CC(c2ccccc2)=C1CC(=O)c1ccccc1.